The zero-order valence-corrected chi connectivity index (χ0v) is 18.6. The molecule has 1 amide bonds. The van der Waals surface area contributed by atoms with Gasteiger partial charge in [0.05, 0.1) is 12.7 Å². The van der Waals surface area contributed by atoms with Crippen LogP contribution in [0.1, 0.15) is 41.8 Å². The number of anilines is 1. The van der Waals surface area contributed by atoms with Crippen molar-refractivity contribution in [2.45, 2.75) is 44.9 Å². The normalized spacial score (nSPS) is 19.1. The van der Waals surface area contributed by atoms with Gasteiger partial charge in [-0.15, -0.1) is 16.4 Å². The first kappa shape index (κ1) is 19.1. The van der Waals surface area contributed by atoms with Crippen molar-refractivity contribution in [2.75, 3.05) is 11.4 Å². The van der Waals surface area contributed by atoms with Gasteiger partial charge >= 0.3 is 0 Å². The molecule has 29 heavy (non-hydrogen) atoms. The van der Waals surface area contributed by atoms with E-state index in [9.17, 15) is 4.79 Å². The average molecular weight is 443 g/mol. The first-order valence-electron chi connectivity index (χ1n) is 9.85. The summed E-state index contributed by atoms with van der Waals surface area (Å²) in [6, 6.07) is 13.4. The topological polar surface area (TPSA) is 41.4 Å². The quantitative estimate of drug-likeness (QED) is 0.530. The van der Waals surface area contributed by atoms with Crippen LogP contribution in [0.2, 0.25) is 0 Å². The van der Waals surface area contributed by atoms with Gasteiger partial charge in [-0.25, -0.2) is 4.68 Å². The summed E-state index contributed by atoms with van der Waals surface area (Å²) in [5, 5.41) is 7.68. The predicted octanol–water partition coefficient (Wildman–Crippen LogP) is 4.86. The number of benzene rings is 1. The second kappa shape index (κ2) is 7.75. The lowest BCUT2D eigenvalue weighted by Crippen LogP contribution is -2.37. The number of thiophene rings is 1. The van der Waals surface area contributed by atoms with Gasteiger partial charge < -0.3 is 0 Å². The molecule has 5 rings (SSSR count). The summed E-state index contributed by atoms with van der Waals surface area (Å²) in [6.07, 6.45) is 3.15. The highest BCUT2D eigenvalue weighted by atomic mass is 32.1. The summed E-state index contributed by atoms with van der Waals surface area (Å²) in [5.74, 6) is 0.0476. The number of carbonyl (C=O) groups is 1. The molecule has 1 atom stereocenters. The molecule has 1 fully saturated rings. The second-order valence-electron chi connectivity index (χ2n) is 7.59. The second-order valence-corrected chi connectivity index (χ2v) is 10.2. The molecule has 1 saturated carbocycles. The fourth-order valence-corrected chi connectivity index (χ4v) is 6.18. The summed E-state index contributed by atoms with van der Waals surface area (Å²) in [5.41, 5.74) is 2.68. The first-order valence-corrected chi connectivity index (χ1v) is 12.0. The zero-order chi connectivity index (χ0) is 20.0. The van der Waals surface area contributed by atoms with E-state index in [1.54, 1.807) is 6.92 Å². The Labute approximate surface area is 183 Å². The number of aromatic nitrogens is 2. The van der Waals surface area contributed by atoms with Gasteiger partial charge in [0.2, 0.25) is 11.0 Å². The average Bonchev–Trinajstić information content (AvgIpc) is 3.30. The predicted molar refractivity (Wildman–Crippen MR) is 120 cm³/mol. The van der Waals surface area contributed by atoms with Crippen molar-refractivity contribution < 1.29 is 4.79 Å². The Bertz CT molecular complexity index is 1080. The van der Waals surface area contributed by atoms with Gasteiger partial charge in [-0.1, -0.05) is 41.7 Å². The maximum Gasteiger partial charge on any atom is 0.225 e. The Kier molecular flexibility index (Phi) is 5.11. The van der Waals surface area contributed by atoms with Gasteiger partial charge in [0, 0.05) is 24.4 Å². The third-order valence-corrected chi connectivity index (χ3v) is 7.85. The minimum absolute atomic E-state index is 0.0476. The molecule has 1 aromatic carbocycles. The number of amides is 1. The van der Waals surface area contributed by atoms with Gasteiger partial charge in [0.25, 0.3) is 0 Å². The van der Waals surface area contributed by atoms with Crippen LogP contribution in [0, 0.1) is 3.95 Å². The molecule has 8 heteroatoms. The first-order chi connectivity index (χ1) is 14.1. The Morgan fingerprint density at radius 1 is 1.28 bits per heavy atom. The van der Waals surface area contributed by atoms with Crippen molar-refractivity contribution in [3.8, 4) is 0 Å². The van der Waals surface area contributed by atoms with Crippen molar-refractivity contribution >= 4 is 45.9 Å². The highest BCUT2D eigenvalue weighted by Gasteiger charge is 2.35. The van der Waals surface area contributed by atoms with E-state index in [1.807, 2.05) is 20.9 Å². The zero-order valence-electron chi connectivity index (χ0n) is 16.2. The summed E-state index contributed by atoms with van der Waals surface area (Å²) in [6.45, 7) is 3.20. The van der Waals surface area contributed by atoms with Crippen LogP contribution >= 0.6 is 34.9 Å². The molecule has 1 aliphatic heterocycles. The van der Waals surface area contributed by atoms with Gasteiger partial charge in [-0.05, 0) is 54.1 Å². The minimum Gasteiger partial charge on any atom is -0.284 e. The van der Waals surface area contributed by atoms with E-state index in [0.29, 0.717) is 12.7 Å². The van der Waals surface area contributed by atoms with Gasteiger partial charge in [0.1, 0.15) is 0 Å². The molecular weight excluding hydrogens is 420 g/mol. The van der Waals surface area contributed by atoms with Crippen LogP contribution in [-0.2, 0) is 17.9 Å². The smallest absolute Gasteiger partial charge is 0.225 e. The molecule has 2 aliphatic rings. The van der Waals surface area contributed by atoms with Crippen LogP contribution < -0.4 is 4.90 Å². The molecule has 5 nitrogen and oxygen atoms in total. The highest BCUT2D eigenvalue weighted by Crippen LogP contribution is 2.38. The molecule has 0 saturated heterocycles. The van der Waals surface area contributed by atoms with E-state index < -0.39 is 0 Å². The Morgan fingerprint density at radius 3 is 2.79 bits per heavy atom. The van der Waals surface area contributed by atoms with Crippen LogP contribution in [-0.4, -0.2) is 33.2 Å². The number of hydrogen-bond acceptors (Lipinski definition) is 6. The van der Waals surface area contributed by atoms with Crippen molar-refractivity contribution in [3.63, 3.8) is 0 Å². The van der Waals surface area contributed by atoms with Crippen LogP contribution in [0.5, 0.6) is 0 Å². The lowest BCUT2D eigenvalue weighted by molar-refractivity contribution is -0.116. The van der Waals surface area contributed by atoms with E-state index in [-0.39, 0.29) is 11.9 Å². The summed E-state index contributed by atoms with van der Waals surface area (Å²) < 4.78 is 2.61. The Balaban J connectivity index is 1.47. The van der Waals surface area contributed by atoms with E-state index in [2.05, 4.69) is 46.7 Å². The van der Waals surface area contributed by atoms with Gasteiger partial charge in [0.15, 0.2) is 3.95 Å². The molecule has 0 spiro atoms. The number of carbonyl (C=O) groups excluding carboxylic acids is 1. The van der Waals surface area contributed by atoms with Crippen LogP contribution in [0.15, 0.2) is 41.8 Å². The molecule has 3 heterocycles. The van der Waals surface area contributed by atoms with Gasteiger partial charge in [-0.3, -0.25) is 14.6 Å². The molecule has 150 valence electrons. The van der Waals surface area contributed by atoms with Crippen molar-refractivity contribution in [1.82, 2.24) is 14.7 Å². The van der Waals surface area contributed by atoms with E-state index in [4.69, 9.17) is 17.3 Å². The summed E-state index contributed by atoms with van der Waals surface area (Å²) >= 11 is 8.91. The molecule has 0 bridgehead atoms. The largest absolute Gasteiger partial charge is 0.284 e. The van der Waals surface area contributed by atoms with Crippen molar-refractivity contribution in [3.05, 3.63) is 61.7 Å². The highest BCUT2D eigenvalue weighted by molar-refractivity contribution is 7.73. The van der Waals surface area contributed by atoms with Crippen LogP contribution in [0.3, 0.4) is 0 Å². The minimum atomic E-state index is 0.0476. The van der Waals surface area contributed by atoms with Gasteiger partial charge in [-0.2, -0.15) is 0 Å². The molecular formula is C21H22N4OS3. The maximum absolute atomic E-state index is 12.1. The summed E-state index contributed by atoms with van der Waals surface area (Å²) in [4.78, 5) is 17.8. The fourth-order valence-electron chi connectivity index (χ4n) is 4.08. The molecule has 0 radical (unpaired) electrons. The number of fused-ring (bicyclic) bond motifs is 1. The summed E-state index contributed by atoms with van der Waals surface area (Å²) in [7, 11) is 0. The number of rotatable bonds is 5. The lowest BCUT2D eigenvalue weighted by atomic mass is 9.94. The maximum atomic E-state index is 12.1. The van der Waals surface area contributed by atoms with E-state index in [1.165, 1.54) is 27.3 Å². The number of nitrogens with zero attached hydrogens (tertiary/aromatic N) is 4. The van der Waals surface area contributed by atoms with Crippen molar-refractivity contribution in [1.29, 1.82) is 0 Å². The third kappa shape index (κ3) is 3.70. The molecule has 1 aliphatic carbocycles. The number of hydrogen-bond donors (Lipinski definition) is 0. The van der Waals surface area contributed by atoms with Crippen molar-refractivity contribution in [2.24, 2.45) is 0 Å². The molecule has 0 unspecified atom stereocenters. The van der Waals surface area contributed by atoms with E-state index >= 15 is 0 Å². The third-order valence-electron chi connectivity index (χ3n) is 5.55. The molecule has 0 N–H and O–H groups in total. The van der Waals surface area contributed by atoms with E-state index in [0.717, 1.165) is 34.9 Å². The standard InChI is InChI=1S/C21H22N4OS3/c1-14(26)25(16-7-8-16)20-22-24(21(27)29-20)13-23-11-9-18-17(10-12-28-18)19(23)15-5-3-2-4-6-15/h2-6,10,12,16,19H,7-9,11,13H2,1H3/t19-/m0/s1. The molecule has 2 aromatic heterocycles. The SMILES string of the molecule is CC(=O)N(c1nn(CN2CCc3sccc3[C@@H]2c2ccccc2)c(=S)s1)C1CC1. The monoisotopic (exact) mass is 442 g/mol. The molecule has 3 aromatic rings. The Morgan fingerprint density at radius 2 is 2.07 bits per heavy atom. The van der Waals surface area contributed by atoms with Crippen LogP contribution in [0.25, 0.3) is 0 Å². The fraction of sp³-hybridized carbons (Fsp3) is 0.381. The van der Waals surface area contributed by atoms with Crippen LogP contribution in [0.4, 0.5) is 5.13 Å². The lowest BCUT2D eigenvalue weighted by Gasteiger charge is -2.36. The Hall–Kier alpha value is -1.87.